The molecule has 2 fully saturated rings. The molecule has 5 nitrogen and oxygen atoms in total. The van der Waals surface area contributed by atoms with Gasteiger partial charge in [0.05, 0.1) is 30.2 Å². The first kappa shape index (κ1) is 15.0. The summed E-state index contributed by atoms with van der Waals surface area (Å²) in [5.74, 6) is -0.0908. The van der Waals surface area contributed by atoms with Crippen LogP contribution in [0.1, 0.15) is 35.2 Å². The monoisotopic (exact) mass is 300 g/mol. The van der Waals surface area contributed by atoms with Crippen molar-refractivity contribution < 1.29 is 14.6 Å². The van der Waals surface area contributed by atoms with E-state index < -0.39 is 0 Å². The van der Waals surface area contributed by atoms with Gasteiger partial charge in [0, 0.05) is 19.2 Å². The van der Waals surface area contributed by atoms with E-state index in [1.165, 1.54) is 0 Å². The number of amides is 1. The predicted octanol–water partition coefficient (Wildman–Crippen LogP) is 1.46. The van der Waals surface area contributed by atoms with Crippen LogP contribution in [0.15, 0.2) is 24.3 Å². The molecule has 22 heavy (non-hydrogen) atoms. The number of carbonyl (C=O) groups is 1. The largest absolute Gasteiger partial charge is 0.394 e. The van der Waals surface area contributed by atoms with Crippen LogP contribution in [0.4, 0.5) is 0 Å². The van der Waals surface area contributed by atoms with Gasteiger partial charge in [-0.1, -0.05) is 12.1 Å². The summed E-state index contributed by atoms with van der Waals surface area (Å²) in [6.07, 6.45) is 2.43. The van der Waals surface area contributed by atoms with Crippen molar-refractivity contribution in [2.75, 3.05) is 20.3 Å². The van der Waals surface area contributed by atoms with Crippen molar-refractivity contribution in [1.29, 1.82) is 5.26 Å². The molecule has 1 N–H and O–H groups in total. The van der Waals surface area contributed by atoms with Gasteiger partial charge in [-0.25, -0.2) is 0 Å². The van der Waals surface area contributed by atoms with E-state index in [0.717, 1.165) is 18.4 Å². The lowest BCUT2D eigenvalue weighted by Crippen LogP contribution is -2.38. The van der Waals surface area contributed by atoms with Crippen LogP contribution in [0.3, 0.4) is 0 Å². The number of aliphatic hydroxyl groups is 1. The third-order valence-electron chi connectivity index (χ3n) is 4.83. The summed E-state index contributed by atoms with van der Waals surface area (Å²) in [7, 11) is 1.62. The minimum absolute atomic E-state index is 0.0197. The van der Waals surface area contributed by atoms with Crippen LogP contribution in [-0.2, 0) is 10.2 Å². The second kappa shape index (κ2) is 5.71. The Hall–Kier alpha value is -1.90. The van der Waals surface area contributed by atoms with Crippen molar-refractivity contribution in [2.45, 2.75) is 36.8 Å². The molecule has 1 aliphatic heterocycles. The first-order valence-corrected chi connectivity index (χ1v) is 7.60. The molecule has 5 heteroatoms. The van der Waals surface area contributed by atoms with Gasteiger partial charge in [-0.15, -0.1) is 0 Å². The molecule has 1 amide bonds. The molecule has 0 spiro atoms. The van der Waals surface area contributed by atoms with Gasteiger partial charge in [0.25, 0.3) is 5.91 Å². The average molecular weight is 300 g/mol. The summed E-state index contributed by atoms with van der Waals surface area (Å²) in [4.78, 5) is 14.3. The zero-order valence-electron chi connectivity index (χ0n) is 12.7. The number of rotatable bonds is 4. The van der Waals surface area contributed by atoms with E-state index >= 15 is 0 Å². The third-order valence-corrected chi connectivity index (χ3v) is 4.83. The van der Waals surface area contributed by atoms with Crippen molar-refractivity contribution in [3.05, 3.63) is 35.4 Å². The second-order valence-electron chi connectivity index (χ2n) is 6.16. The molecule has 0 aromatic heterocycles. The van der Waals surface area contributed by atoms with E-state index in [0.29, 0.717) is 18.5 Å². The van der Waals surface area contributed by atoms with Crippen LogP contribution >= 0.6 is 0 Å². The quantitative estimate of drug-likeness (QED) is 0.913. The molecule has 2 atom stereocenters. The van der Waals surface area contributed by atoms with Gasteiger partial charge >= 0.3 is 0 Å². The van der Waals surface area contributed by atoms with Crippen molar-refractivity contribution in [3.63, 3.8) is 0 Å². The second-order valence-corrected chi connectivity index (χ2v) is 6.16. The van der Waals surface area contributed by atoms with Crippen LogP contribution in [0, 0.1) is 11.3 Å². The summed E-state index contributed by atoms with van der Waals surface area (Å²) >= 11 is 0. The minimum Gasteiger partial charge on any atom is -0.394 e. The van der Waals surface area contributed by atoms with Crippen molar-refractivity contribution in [1.82, 2.24) is 4.90 Å². The van der Waals surface area contributed by atoms with E-state index in [2.05, 4.69) is 6.07 Å². The maximum atomic E-state index is 12.6. The lowest BCUT2D eigenvalue weighted by Gasteiger charge is -2.23. The van der Waals surface area contributed by atoms with E-state index in [4.69, 9.17) is 4.74 Å². The Bertz CT molecular complexity index is 601. The normalized spacial score (nSPS) is 25.8. The van der Waals surface area contributed by atoms with E-state index in [-0.39, 0.29) is 30.1 Å². The molecule has 2 aliphatic rings. The zero-order valence-corrected chi connectivity index (χ0v) is 12.7. The topological polar surface area (TPSA) is 73.6 Å². The van der Waals surface area contributed by atoms with Gasteiger partial charge < -0.3 is 14.7 Å². The molecule has 1 aromatic carbocycles. The predicted molar refractivity (Wildman–Crippen MR) is 80.3 cm³/mol. The number of aliphatic hydroxyl groups excluding tert-OH is 1. The summed E-state index contributed by atoms with van der Waals surface area (Å²) in [6.45, 7) is 0.450. The fourth-order valence-corrected chi connectivity index (χ4v) is 3.15. The van der Waals surface area contributed by atoms with Gasteiger partial charge in [-0.05, 0) is 37.0 Å². The lowest BCUT2D eigenvalue weighted by molar-refractivity contribution is 0.0648. The number of hydrogen-bond acceptors (Lipinski definition) is 4. The number of nitriles is 1. The van der Waals surface area contributed by atoms with Crippen molar-refractivity contribution >= 4 is 5.91 Å². The number of methoxy groups -OCH3 is 1. The van der Waals surface area contributed by atoms with Gasteiger partial charge in [-0.3, -0.25) is 4.79 Å². The fraction of sp³-hybridized carbons (Fsp3) is 0.529. The zero-order chi connectivity index (χ0) is 15.7. The van der Waals surface area contributed by atoms with E-state index in [9.17, 15) is 15.2 Å². The molecule has 3 rings (SSSR count). The maximum absolute atomic E-state index is 12.6. The Kier molecular flexibility index (Phi) is 3.90. The Morgan fingerprint density at radius 1 is 1.45 bits per heavy atom. The molecule has 1 heterocycles. The lowest BCUT2D eigenvalue weighted by atomic mass is 9.96. The van der Waals surface area contributed by atoms with E-state index in [1.54, 1.807) is 24.1 Å². The molecule has 1 aromatic rings. The maximum Gasteiger partial charge on any atom is 0.254 e. The van der Waals surface area contributed by atoms with Crippen LogP contribution in [-0.4, -0.2) is 48.3 Å². The van der Waals surface area contributed by atoms with Gasteiger partial charge in [0.2, 0.25) is 0 Å². The number of likely N-dealkylation sites (tertiary alicyclic amines) is 1. The van der Waals surface area contributed by atoms with Crippen molar-refractivity contribution in [2.24, 2.45) is 0 Å². The Morgan fingerprint density at radius 2 is 2.14 bits per heavy atom. The Morgan fingerprint density at radius 3 is 2.64 bits per heavy atom. The molecule has 0 unspecified atom stereocenters. The molecular formula is C17H20N2O3. The molecular weight excluding hydrogens is 280 g/mol. The molecule has 116 valence electrons. The molecule has 1 aliphatic carbocycles. The fourth-order valence-electron chi connectivity index (χ4n) is 3.15. The number of ether oxygens (including phenoxy) is 1. The first-order chi connectivity index (χ1) is 10.6. The average Bonchev–Trinajstić information content (AvgIpc) is 3.26. The van der Waals surface area contributed by atoms with Crippen LogP contribution in [0.25, 0.3) is 0 Å². The summed E-state index contributed by atoms with van der Waals surface area (Å²) in [5, 5.41) is 18.7. The van der Waals surface area contributed by atoms with Gasteiger partial charge in [0.1, 0.15) is 0 Å². The summed E-state index contributed by atoms with van der Waals surface area (Å²) < 4.78 is 5.31. The smallest absolute Gasteiger partial charge is 0.254 e. The van der Waals surface area contributed by atoms with Gasteiger partial charge in [0.15, 0.2) is 0 Å². The van der Waals surface area contributed by atoms with Gasteiger partial charge in [-0.2, -0.15) is 5.26 Å². The minimum atomic E-state index is -0.329. The number of carbonyl (C=O) groups excluding carboxylic acids is 1. The van der Waals surface area contributed by atoms with Crippen LogP contribution in [0.5, 0.6) is 0 Å². The molecule has 1 saturated heterocycles. The van der Waals surface area contributed by atoms with E-state index in [1.807, 2.05) is 12.1 Å². The molecule has 1 saturated carbocycles. The number of hydrogen-bond donors (Lipinski definition) is 1. The highest BCUT2D eigenvalue weighted by Gasteiger charge is 2.45. The van der Waals surface area contributed by atoms with Crippen molar-refractivity contribution in [3.8, 4) is 6.07 Å². The first-order valence-electron chi connectivity index (χ1n) is 7.60. The number of nitrogens with zero attached hydrogens (tertiary/aromatic N) is 2. The number of benzene rings is 1. The highest BCUT2D eigenvalue weighted by Crippen LogP contribution is 2.47. The molecule has 0 bridgehead atoms. The SMILES string of the molecule is CO[C@@H]1C[C@@H](CO)N(C(=O)c2ccc(C3(C#N)CC3)cc2)C1. The molecule has 0 radical (unpaired) electrons. The highest BCUT2D eigenvalue weighted by atomic mass is 16.5. The third kappa shape index (κ3) is 2.49. The van der Waals surface area contributed by atoms with Crippen LogP contribution in [0.2, 0.25) is 0 Å². The standard InChI is InChI=1S/C17H20N2O3/c1-22-15-8-14(10-20)19(9-15)16(21)12-2-4-13(5-3-12)17(11-18)6-7-17/h2-5,14-15,20H,6-10H2,1H3/t14-,15+/m0/s1. The summed E-state index contributed by atoms with van der Waals surface area (Å²) in [6, 6.07) is 9.48. The Balaban J connectivity index is 1.76. The Labute approximate surface area is 130 Å². The van der Waals surface area contributed by atoms with Crippen LogP contribution < -0.4 is 0 Å². The summed E-state index contributed by atoms with van der Waals surface area (Å²) in [5.41, 5.74) is 1.25. The highest BCUT2D eigenvalue weighted by molar-refractivity contribution is 5.94.